The summed E-state index contributed by atoms with van der Waals surface area (Å²) in [6.07, 6.45) is 0. The molecule has 0 saturated carbocycles. The normalized spacial score (nSPS) is 14.6. The Morgan fingerprint density at radius 3 is 2.46 bits per heavy atom. The quantitative estimate of drug-likeness (QED) is 0.695. The van der Waals surface area contributed by atoms with Gasteiger partial charge in [0.1, 0.15) is 6.04 Å². The van der Waals surface area contributed by atoms with E-state index in [2.05, 4.69) is 15.3 Å². The lowest BCUT2D eigenvalue weighted by molar-refractivity contribution is -0.119. The average molecular weight is 369 g/mol. The van der Waals surface area contributed by atoms with Gasteiger partial charge in [0.15, 0.2) is 0 Å². The highest BCUT2D eigenvalue weighted by atomic mass is 35.5. The maximum absolute atomic E-state index is 12.6. The van der Waals surface area contributed by atoms with Gasteiger partial charge in [0.25, 0.3) is 11.8 Å². The highest BCUT2D eigenvalue weighted by molar-refractivity contribution is 6.29. The number of imidazole rings is 1. The van der Waals surface area contributed by atoms with Gasteiger partial charge in [-0.15, -0.1) is 0 Å². The third-order valence-electron chi connectivity index (χ3n) is 4.31. The predicted octanol–water partition coefficient (Wildman–Crippen LogP) is 2.84. The van der Waals surface area contributed by atoms with Crippen molar-refractivity contribution in [2.75, 3.05) is 5.32 Å². The molecule has 26 heavy (non-hydrogen) atoms. The van der Waals surface area contributed by atoms with Crippen molar-refractivity contribution in [2.45, 2.75) is 13.0 Å². The molecule has 0 aliphatic carbocycles. The van der Waals surface area contributed by atoms with E-state index in [4.69, 9.17) is 11.6 Å². The van der Waals surface area contributed by atoms with Crippen molar-refractivity contribution < 1.29 is 14.4 Å². The molecule has 3 amide bonds. The maximum Gasteiger partial charge on any atom is 0.262 e. The Morgan fingerprint density at radius 1 is 1.15 bits per heavy atom. The molecule has 1 atom stereocenters. The Hall–Kier alpha value is -3.19. The second-order valence-corrected chi connectivity index (χ2v) is 6.31. The van der Waals surface area contributed by atoms with Gasteiger partial charge < -0.3 is 10.3 Å². The van der Waals surface area contributed by atoms with Gasteiger partial charge in [-0.2, -0.15) is 0 Å². The SMILES string of the molecule is CC(C(=O)Nc1ccc2nc(Cl)[nH]c2c1)N1C(=O)c2ccccc2C1=O. The highest BCUT2D eigenvalue weighted by Gasteiger charge is 2.40. The first-order valence-electron chi connectivity index (χ1n) is 7.89. The number of fused-ring (bicyclic) bond motifs is 2. The number of anilines is 1. The number of hydrogen-bond acceptors (Lipinski definition) is 4. The number of halogens is 1. The summed E-state index contributed by atoms with van der Waals surface area (Å²) >= 11 is 5.82. The van der Waals surface area contributed by atoms with Gasteiger partial charge in [0.05, 0.1) is 22.2 Å². The Morgan fingerprint density at radius 2 is 1.81 bits per heavy atom. The van der Waals surface area contributed by atoms with Gasteiger partial charge in [-0.05, 0) is 48.9 Å². The van der Waals surface area contributed by atoms with E-state index < -0.39 is 23.8 Å². The molecule has 0 radical (unpaired) electrons. The Balaban J connectivity index is 1.56. The minimum atomic E-state index is -0.955. The van der Waals surface area contributed by atoms with Gasteiger partial charge in [0, 0.05) is 5.69 Å². The van der Waals surface area contributed by atoms with Crippen molar-refractivity contribution >= 4 is 46.0 Å². The molecule has 3 aromatic rings. The number of nitrogens with one attached hydrogen (secondary N) is 2. The van der Waals surface area contributed by atoms with Crippen LogP contribution >= 0.6 is 11.6 Å². The number of carbonyl (C=O) groups is 3. The lowest BCUT2D eigenvalue weighted by Crippen LogP contribution is -2.45. The van der Waals surface area contributed by atoms with Crippen LogP contribution in [0.1, 0.15) is 27.6 Å². The summed E-state index contributed by atoms with van der Waals surface area (Å²) in [6, 6.07) is 10.6. The molecule has 1 aliphatic rings. The molecular formula is C18H13ClN4O3. The molecule has 7 nitrogen and oxygen atoms in total. The number of nitrogens with zero attached hydrogens (tertiary/aromatic N) is 2. The molecule has 2 heterocycles. The molecule has 0 bridgehead atoms. The van der Waals surface area contributed by atoms with E-state index in [9.17, 15) is 14.4 Å². The highest BCUT2D eigenvalue weighted by Crippen LogP contribution is 2.25. The number of imide groups is 1. The fourth-order valence-corrected chi connectivity index (χ4v) is 3.17. The molecule has 0 spiro atoms. The van der Waals surface area contributed by atoms with Gasteiger partial charge >= 0.3 is 0 Å². The van der Waals surface area contributed by atoms with E-state index in [1.807, 2.05) is 0 Å². The molecule has 0 saturated heterocycles. The fraction of sp³-hybridized carbons (Fsp3) is 0.111. The molecule has 1 aliphatic heterocycles. The van der Waals surface area contributed by atoms with Crippen molar-refractivity contribution in [3.05, 3.63) is 58.9 Å². The number of H-pyrrole nitrogens is 1. The second kappa shape index (κ2) is 5.96. The summed E-state index contributed by atoms with van der Waals surface area (Å²) in [5.74, 6) is -1.41. The zero-order valence-electron chi connectivity index (χ0n) is 13.6. The minimum Gasteiger partial charge on any atom is -0.329 e. The number of aromatic amines is 1. The van der Waals surface area contributed by atoms with Crippen molar-refractivity contribution in [3.8, 4) is 0 Å². The Kier molecular flexibility index (Phi) is 3.73. The number of hydrogen-bond donors (Lipinski definition) is 2. The van der Waals surface area contributed by atoms with Gasteiger partial charge in [-0.1, -0.05) is 12.1 Å². The Labute approximate surface area is 153 Å². The summed E-state index contributed by atoms with van der Waals surface area (Å²) in [6.45, 7) is 1.52. The first-order chi connectivity index (χ1) is 12.5. The second-order valence-electron chi connectivity index (χ2n) is 5.95. The van der Waals surface area contributed by atoms with Crippen LogP contribution < -0.4 is 5.32 Å². The third-order valence-corrected chi connectivity index (χ3v) is 4.49. The Bertz CT molecular complexity index is 1040. The molecule has 130 valence electrons. The summed E-state index contributed by atoms with van der Waals surface area (Å²) in [5, 5.41) is 2.96. The van der Waals surface area contributed by atoms with Crippen LogP contribution in [-0.4, -0.2) is 38.6 Å². The van der Waals surface area contributed by atoms with E-state index in [1.165, 1.54) is 6.92 Å². The molecule has 1 unspecified atom stereocenters. The average Bonchev–Trinajstić information content (AvgIpc) is 3.11. The molecule has 1 aromatic heterocycles. The number of carbonyl (C=O) groups excluding carboxylic acids is 3. The predicted molar refractivity (Wildman–Crippen MR) is 96.1 cm³/mol. The monoisotopic (exact) mass is 368 g/mol. The zero-order chi connectivity index (χ0) is 18.4. The first-order valence-corrected chi connectivity index (χ1v) is 8.26. The van der Waals surface area contributed by atoms with E-state index in [0.717, 1.165) is 4.90 Å². The summed E-state index contributed by atoms with van der Waals surface area (Å²) < 4.78 is 0. The third kappa shape index (κ3) is 2.53. The van der Waals surface area contributed by atoms with Gasteiger partial charge in [-0.3, -0.25) is 19.3 Å². The van der Waals surface area contributed by atoms with Crippen LogP contribution in [0.3, 0.4) is 0 Å². The smallest absolute Gasteiger partial charge is 0.262 e. The van der Waals surface area contributed by atoms with E-state index in [1.54, 1.807) is 42.5 Å². The minimum absolute atomic E-state index is 0.253. The number of benzene rings is 2. The maximum atomic E-state index is 12.6. The van der Waals surface area contributed by atoms with Crippen LogP contribution in [0.15, 0.2) is 42.5 Å². The molecule has 4 rings (SSSR count). The summed E-state index contributed by atoms with van der Waals surface area (Å²) in [5.41, 5.74) is 2.46. The van der Waals surface area contributed by atoms with Gasteiger partial charge in [-0.25, -0.2) is 4.98 Å². The molecular weight excluding hydrogens is 356 g/mol. The van der Waals surface area contributed by atoms with Crippen LogP contribution in [0.2, 0.25) is 5.28 Å². The lowest BCUT2D eigenvalue weighted by atomic mass is 10.1. The van der Waals surface area contributed by atoms with E-state index >= 15 is 0 Å². The topological polar surface area (TPSA) is 95.2 Å². The largest absolute Gasteiger partial charge is 0.329 e. The van der Waals surface area contributed by atoms with Crippen LogP contribution in [-0.2, 0) is 4.79 Å². The van der Waals surface area contributed by atoms with Crippen molar-refractivity contribution in [1.82, 2.24) is 14.9 Å². The van der Waals surface area contributed by atoms with E-state index in [0.29, 0.717) is 27.8 Å². The zero-order valence-corrected chi connectivity index (χ0v) is 14.4. The van der Waals surface area contributed by atoms with Crippen molar-refractivity contribution in [1.29, 1.82) is 0 Å². The first kappa shape index (κ1) is 16.3. The van der Waals surface area contributed by atoms with Crippen LogP contribution in [0.5, 0.6) is 0 Å². The summed E-state index contributed by atoms with van der Waals surface area (Å²) in [7, 11) is 0. The molecule has 8 heteroatoms. The summed E-state index contributed by atoms with van der Waals surface area (Å²) in [4.78, 5) is 45.5. The van der Waals surface area contributed by atoms with Crippen LogP contribution in [0.4, 0.5) is 5.69 Å². The van der Waals surface area contributed by atoms with Crippen LogP contribution in [0.25, 0.3) is 11.0 Å². The molecule has 0 fully saturated rings. The van der Waals surface area contributed by atoms with Gasteiger partial charge in [0.2, 0.25) is 11.2 Å². The van der Waals surface area contributed by atoms with Crippen LogP contribution in [0, 0.1) is 0 Å². The fourth-order valence-electron chi connectivity index (χ4n) is 2.98. The molecule has 2 aromatic carbocycles. The van der Waals surface area contributed by atoms with Crippen molar-refractivity contribution in [2.24, 2.45) is 0 Å². The number of aromatic nitrogens is 2. The standard InChI is InChI=1S/C18H13ClN4O3/c1-9(23-16(25)11-4-2-3-5-12(11)17(23)26)15(24)20-10-6-7-13-14(8-10)22-18(19)21-13/h2-9H,1H3,(H,20,24)(H,21,22). The number of rotatable bonds is 3. The lowest BCUT2D eigenvalue weighted by Gasteiger charge is -2.21. The van der Waals surface area contributed by atoms with E-state index in [-0.39, 0.29) is 5.28 Å². The number of amides is 3. The van der Waals surface area contributed by atoms with Crippen molar-refractivity contribution in [3.63, 3.8) is 0 Å². The molecule has 2 N–H and O–H groups in total.